The number of halogens is 1. The Balaban J connectivity index is 2.23. The van der Waals surface area contributed by atoms with Crippen LogP contribution in [0.4, 0.5) is 5.13 Å². The van der Waals surface area contributed by atoms with Crippen LogP contribution in [0.15, 0.2) is 16.8 Å². The molecule has 2 heterocycles. The molecule has 1 amide bonds. The summed E-state index contributed by atoms with van der Waals surface area (Å²) in [7, 11) is 0. The van der Waals surface area contributed by atoms with E-state index in [1.54, 1.807) is 0 Å². The van der Waals surface area contributed by atoms with E-state index in [1.807, 2.05) is 16.8 Å². The number of carbonyl (C=O) groups excluding carboxylic acids is 1. The molecule has 0 spiro atoms. The molecule has 2 aromatic rings. The molecule has 15 heavy (non-hydrogen) atoms. The van der Waals surface area contributed by atoms with E-state index < -0.39 is 0 Å². The summed E-state index contributed by atoms with van der Waals surface area (Å²) in [5.74, 6) is -0.111. The molecule has 1 N–H and O–H groups in total. The number of anilines is 1. The molecule has 0 aromatic carbocycles. The van der Waals surface area contributed by atoms with Crippen molar-refractivity contribution in [3.8, 4) is 10.6 Å². The minimum atomic E-state index is -0.111. The average molecular weight is 259 g/mol. The highest BCUT2D eigenvalue weighted by molar-refractivity contribution is 7.16. The largest absolute Gasteiger partial charge is 0.302 e. The average Bonchev–Trinajstić information content (AvgIpc) is 2.72. The molecular weight excluding hydrogens is 252 g/mol. The number of thiophene rings is 1. The number of carbonyl (C=O) groups is 1. The van der Waals surface area contributed by atoms with Gasteiger partial charge in [0.05, 0.1) is 15.6 Å². The molecule has 2 aromatic heterocycles. The quantitative estimate of drug-likeness (QED) is 0.896. The zero-order valence-corrected chi connectivity index (χ0v) is 10.2. The zero-order valence-electron chi connectivity index (χ0n) is 7.78. The smallest absolute Gasteiger partial charge is 0.223 e. The summed E-state index contributed by atoms with van der Waals surface area (Å²) in [6.45, 7) is 1.46. The van der Waals surface area contributed by atoms with Gasteiger partial charge in [-0.2, -0.15) is 0 Å². The molecule has 0 atom stereocenters. The Hall–Kier alpha value is -0.910. The first-order valence-corrected chi connectivity index (χ1v) is 6.26. The van der Waals surface area contributed by atoms with Crippen LogP contribution in [0.2, 0.25) is 5.02 Å². The van der Waals surface area contributed by atoms with Crippen LogP contribution in [0.5, 0.6) is 0 Å². The molecule has 0 fully saturated rings. The first-order chi connectivity index (χ1) is 7.15. The Kier molecular flexibility index (Phi) is 3.04. The second-order valence-electron chi connectivity index (χ2n) is 2.85. The van der Waals surface area contributed by atoms with Gasteiger partial charge in [0.2, 0.25) is 5.91 Å². The standard InChI is InChI=1S/C9H7ClN2OS2/c1-5(13)11-9-12-7(4-15-9)8-2-6(10)3-14-8/h2-4H,1H3,(H,11,12,13). The van der Waals surface area contributed by atoms with Crippen LogP contribution in [0.3, 0.4) is 0 Å². The molecule has 6 heteroatoms. The molecule has 0 saturated heterocycles. The fourth-order valence-electron chi connectivity index (χ4n) is 1.04. The molecular formula is C9H7ClN2OS2. The van der Waals surface area contributed by atoms with E-state index in [0.717, 1.165) is 10.6 Å². The number of thiazole rings is 1. The molecule has 0 aliphatic rings. The van der Waals surface area contributed by atoms with Gasteiger partial charge in [-0.3, -0.25) is 4.79 Å². The van der Waals surface area contributed by atoms with Crippen molar-refractivity contribution in [3.05, 3.63) is 21.8 Å². The normalized spacial score (nSPS) is 10.3. The van der Waals surface area contributed by atoms with Crippen molar-refractivity contribution in [1.82, 2.24) is 4.98 Å². The third-order valence-corrected chi connectivity index (χ3v) is 3.67. The van der Waals surface area contributed by atoms with Crippen molar-refractivity contribution in [3.63, 3.8) is 0 Å². The lowest BCUT2D eigenvalue weighted by Gasteiger charge is -1.92. The SMILES string of the molecule is CC(=O)Nc1nc(-c2cc(Cl)cs2)cs1. The molecule has 0 aliphatic carbocycles. The van der Waals surface area contributed by atoms with Gasteiger partial charge >= 0.3 is 0 Å². The van der Waals surface area contributed by atoms with E-state index in [1.165, 1.54) is 29.6 Å². The van der Waals surface area contributed by atoms with Crippen molar-refractivity contribution in [2.24, 2.45) is 0 Å². The van der Waals surface area contributed by atoms with E-state index in [0.29, 0.717) is 10.2 Å². The molecule has 2 rings (SSSR count). The van der Waals surface area contributed by atoms with E-state index >= 15 is 0 Å². The molecule has 78 valence electrons. The van der Waals surface area contributed by atoms with E-state index in [4.69, 9.17) is 11.6 Å². The lowest BCUT2D eigenvalue weighted by molar-refractivity contribution is -0.114. The van der Waals surface area contributed by atoms with E-state index in [2.05, 4.69) is 10.3 Å². The third kappa shape index (κ3) is 2.56. The van der Waals surface area contributed by atoms with Crippen molar-refractivity contribution in [2.45, 2.75) is 6.92 Å². The maximum atomic E-state index is 10.8. The van der Waals surface area contributed by atoms with Crippen LogP contribution >= 0.6 is 34.3 Å². The molecule has 0 unspecified atom stereocenters. The number of nitrogens with zero attached hydrogens (tertiary/aromatic N) is 1. The minimum absolute atomic E-state index is 0.111. The van der Waals surface area contributed by atoms with Crippen molar-refractivity contribution < 1.29 is 4.79 Å². The number of nitrogens with one attached hydrogen (secondary N) is 1. The van der Waals surface area contributed by atoms with E-state index in [9.17, 15) is 4.79 Å². The van der Waals surface area contributed by atoms with E-state index in [-0.39, 0.29) is 5.91 Å². The summed E-state index contributed by atoms with van der Waals surface area (Å²) < 4.78 is 0. The van der Waals surface area contributed by atoms with Crippen molar-refractivity contribution in [1.29, 1.82) is 0 Å². The molecule has 0 saturated carbocycles. The lowest BCUT2D eigenvalue weighted by Crippen LogP contribution is -2.04. The van der Waals surface area contributed by atoms with Crippen molar-refractivity contribution >= 4 is 45.3 Å². The maximum Gasteiger partial charge on any atom is 0.223 e. The number of hydrogen-bond donors (Lipinski definition) is 1. The third-order valence-electron chi connectivity index (χ3n) is 1.61. The minimum Gasteiger partial charge on any atom is -0.302 e. The van der Waals surface area contributed by atoms with Gasteiger partial charge < -0.3 is 5.32 Å². The van der Waals surface area contributed by atoms with Crippen LogP contribution < -0.4 is 5.32 Å². The topological polar surface area (TPSA) is 42.0 Å². The Morgan fingerprint density at radius 3 is 2.87 bits per heavy atom. The zero-order chi connectivity index (χ0) is 10.8. The summed E-state index contributed by atoms with van der Waals surface area (Å²) in [6, 6.07) is 1.86. The van der Waals surface area contributed by atoms with Crippen LogP contribution in [0.1, 0.15) is 6.92 Å². The molecule has 0 radical (unpaired) electrons. The van der Waals surface area contributed by atoms with Gasteiger partial charge in [-0.05, 0) is 6.07 Å². The highest BCUT2D eigenvalue weighted by Crippen LogP contribution is 2.31. The van der Waals surface area contributed by atoms with Crippen LogP contribution in [0, 0.1) is 0 Å². The number of amides is 1. The second-order valence-corrected chi connectivity index (χ2v) is 5.05. The molecule has 0 bridgehead atoms. The Labute approximate surface area is 99.7 Å². The predicted octanol–water partition coefficient (Wildman–Crippen LogP) is 3.48. The number of rotatable bonds is 2. The maximum absolute atomic E-state index is 10.8. The monoisotopic (exact) mass is 258 g/mol. The highest BCUT2D eigenvalue weighted by Gasteiger charge is 2.07. The molecule has 3 nitrogen and oxygen atoms in total. The van der Waals surface area contributed by atoms with Crippen molar-refractivity contribution in [2.75, 3.05) is 5.32 Å². The Bertz CT molecular complexity index is 492. The van der Waals surface area contributed by atoms with Gasteiger partial charge in [0.1, 0.15) is 0 Å². The highest BCUT2D eigenvalue weighted by atomic mass is 35.5. The molecule has 0 aliphatic heterocycles. The van der Waals surface area contributed by atoms with Gasteiger partial charge in [0.25, 0.3) is 0 Å². The van der Waals surface area contributed by atoms with Gasteiger partial charge in [-0.25, -0.2) is 4.98 Å². The van der Waals surface area contributed by atoms with Gasteiger partial charge in [0.15, 0.2) is 5.13 Å². The summed E-state index contributed by atoms with van der Waals surface area (Å²) in [5, 5.41) is 7.72. The van der Waals surface area contributed by atoms with Gasteiger partial charge in [-0.15, -0.1) is 22.7 Å². The van der Waals surface area contributed by atoms with Gasteiger partial charge in [-0.1, -0.05) is 11.6 Å². The van der Waals surface area contributed by atoms with Crippen LogP contribution in [-0.2, 0) is 4.79 Å². The fourth-order valence-corrected chi connectivity index (χ4v) is 2.91. The lowest BCUT2D eigenvalue weighted by atomic mass is 10.4. The second kappa shape index (κ2) is 4.30. The van der Waals surface area contributed by atoms with Crippen LogP contribution in [0.25, 0.3) is 10.6 Å². The first-order valence-electron chi connectivity index (χ1n) is 4.12. The van der Waals surface area contributed by atoms with Crippen LogP contribution in [-0.4, -0.2) is 10.9 Å². The first kappa shape index (κ1) is 10.6. The summed E-state index contributed by atoms with van der Waals surface area (Å²) in [5.41, 5.74) is 0.848. The summed E-state index contributed by atoms with van der Waals surface area (Å²) in [6.07, 6.45) is 0. The summed E-state index contributed by atoms with van der Waals surface area (Å²) in [4.78, 5) is 16.1. The Morgan fingerprint density at radius 1 is 1.47 bits per heavy atom. The number of aromatic nitrogens is 1. The number of hydrogen-bond acceptors (Lipinski definition) is 4. The summed E-state index contributed by atoms with van der Waals surface area (Å²) >= 11 is 8.75. The van der Waals surface area contributed by atoms with Gasteiger partial charge in [0, 0.05) is 17.7 Å². The predicted molar refractivity (Wildman–Crippen MR) is 64.7 cm³/mol. The fraction of sp³-hybridized carbons (Fsp3) is 0.111. The Morgan fingerprint density at radius 2 is 2.27 bits per heavy atom.